The van der Waals surface area contributed by atoms with Crippen LogP contribution in [0.5, 0.6) is 0 Å². The molecule has 2 aromatic heterocycles. The molecule has 26 heavy (non-hydrogen) atoms. The minimum atomic E-state index is -1.52. The van der Waals surface area contributed by atoms with E-state index in [1.54, 1.807) is 56.0 Å². The smallest absolute Gasteiger partial charge is 0.220 e. The highest BCUT2D eigenvalue weighted by molar-refractivity contribution is 5.76. The molecule has 2 N–H and O–H groups in total. The third-order valence-corrected chi connectivity index (χ3v) is 4.38. The maximum absolute atomic E-state index is 12.3. The van der Waals surface area contributed by atoms with Gasteiger partial charge in [-0.25, -0.2) is 0 Å². The van der Waals surface area contributed by atoms with Gasteiger partial charge in [0.05, 0.1) is 6.04 Å². The molecule has 1 unspecified atom stereocenters. The van der Waals surface area contributed by atoms with Gasteiger partial charge in [-0.05, 0) is 17.7 Å². The largest absolute Gasteiger partial charge is 0.378 e. The van der Waals surface area contributed by atoms with Crippen LogP contribution in [0.2, 0.25) is 0 Å². The molecule has 3 aromatic rings. The van der Waals surface area contributed by atoms with Gasteiger partial charge < -0.3 is 10.4 Å². The first kappa shape index (κ1) is 17.8. The second-order valence-electron chi connectivity index (χ2n) is 6.01. The van der Waals surface area contributed by atoms with Gasteiger partial charge in [-0.1, -0.05) is 49.4 Å². The molecule has 0 saturated heterocycles. The summed E-state index contributed by atoms with van der Waals surface area (Å²) in [5, 5.41) is 14.9. The lowest BCUT2D eigenvalue weighted by atomic mass is 9.78. The Morgan fingerprint density at radius 1 is 1.00 bits per heavy atom. The van der Waals surface area contributed by atoms with Crippen LogP contribution in [0.15, 0.2) is 79.4 Å². The lowest BCUT2D eigenvalue weighted by Gasteiger charge is -2.37. The molecular formula is C21H21N3O2. The number of pyridine rings is 2. The highest BCUT2D eigenvalue weighted by atomic mass is 16.3. The quantitative estimate of drug-likeness (QED) is 0.719. The molecule has 0 aliphatic rings. The van der Waals surface area contributed by atoms with Crippen LogP contribution in [0, 0.1) is 0 Å². The molecule has 0 aliphatic heterocycles. The van der Waals surface area contributed by atoms with Gasteiger partial charge in [0.25, 0.3) is 0 Å². The third kappa shape index (κ3) is 3.48. The van der Waals surface area contributed by atoms with Crippen molar-refractivity contribution < 1.29 is 9.90 Å². The van der Waals surface area contributed by atoms with E-state index in [2.05, 4.69) is 15.3 Å². The predicted octanol–water partition coefficient (Wildman–Crippen LogP) is 2.98. The van der Waals surface area contributed by atoms with Crippen molar-refractivity contribution in [3.63, 3.8) is 0 Å². The average molecular weight is 347 g/mol. The van der Waals surface area contributed by atoms with Gasteiger partial charge in [0, 0.05) is 42.3 Å². The Morgan fingerprint density at radius 2 is 1.58 bits per heavy atom. The summed E-state index contributed by atoms with van der Waals surface area (Å²) in [5.41, 5.74) is 0.440. The third-order valence-electron chi connectivity index (χ3n) is 4.38. The van der Waals surface area contributed by atoms with Crippen molar-refractivity contribution in [2.24, 2.45) is 0 Å². The fraction of sp³-hybridized carbons (Fsp3) is 0.190. The van der Waals surface area contributed by atoms with E-state index in [9.17, 15) is 9.90 Å². The maximum Gasteiger partial charge on any atom is 0.220 e. The maximum atomic E-state index is 12.3. The minimum Gasteiger partial charge on any atom is -0.378 e. The number of amides is 1. The van der Waals surface area contributed by atoms with Crippen LogP contribution >= 0.6 is 0 Å². The first-order valence-electron chi connectivity index (χ1n) is 8.54. The number of hydrogen-bond donors (Lipinski definition) is 2. The molecule has 5 heteroatoms. The van der Waals surface area contributed by atoms with Gasteiger partial charge in [0.15, 0.2) is 0 Å². The van der Waals surface area contributed by atoms with E-state index < -0.39 is 11.6 Å². The van der Waals surface area contributed by atoms with Gasteiger partial charge in [-0.15, -0.1) is 0 Å². The monoisotopic (exact) mass is 347 g/mol. The molecule has 1 aromatic carbocycles. The molecule has 2 heterocycles. The number of carbonyl (C=O) groups excluding carboxylic acids is 1. The molecule has 3 rings (SSSR count). The van der Waals surface area contributed by atoms with Gasteiger partial charge >= 0.3 is 0 Å². The zero-order chi connectivity index (χ0) is 18.4. The van der Waals surface area contributed by atoms with E-state index in [1.165, 1.54) is 0 Å². The summed E-state index contributed by atoms with van der Waals surface area (Å²) in [7, 11) is 0. The number of aliphatic hydroxyl groups is 1. The van der Waals surface area contributed by atoms with E-state index in [-0.39, 0.29) is 5.91 Å². The van der Waals surface area contributed by atoms with Crippen molar-refractivity contribution in [1.82, 2.24) is 15.3 Å². The molecule has 5 nitrogen and oxygen atoms in total. The Balaban J connectivity index is 2.21. The SMILES string of the molecule is CCC(=O)NC(c1ccccc1)C(O)(c1cccnc1)c1cccnc1. The second-order valence-corrected chi connectivity index (χ2v) is 6.01. The van der Waals surface area contributed by atoms with Crippen LogP contribution in [-0.4, -0.2) is 21.0 Å². The van der Waals surface area contributed by atoms with Crippen molar-refractivity contribution in [1.29, 1.82) is 0 Å². The van der Waals surface area contributed by atoms with Crippen LogP contribution in [-0.2, 0) is 10.4 Å². The Morgan fingerprint density at radius 3 is 2.04 bits per heavy atom. The number of nitrogens with one attached hydrogen (secondary N) is 1. The zero-order valence-corrected chi connectivity index (χ0v) is 14.5. The number of rotatable bonds is 6. The van der Waals surface area contributed by atoms with Crippen LogP contribution in [0.3, 0.4) is 0 Å². The first-order chi connectivity index (χ1) is 12.7. The normalized spacial score (nSPS) is 12.4. The minimum absolute atomic E-state index is 0.148. The van der Waals surface area contributed by atoms with Gasteiger partial charge in [-0.2, -0.15) is 0 Å². The number of carbonyl (C=O) groups is 1. The lowest BCUT2D eigenvalue weighted by Crippen LogP contribution is -2.45. The lowest BCUT2D eigenvalue weighted by molar-refractivity contribution is -0.123. The van der Waals surface area contributed by atoms with E-state index in [0.29, 0.717) is 17.5 Å². The Bertz CT molecular complexity index is 799. The van der Waals surface area contributed by atoms with Crippen LogP contribution < -0.4 is 5.32 Å². The van der Waals surface area contributed by atoms with E-state index >= 15 is 0 Å². The Kier molecular flexibility index (Phi) is 5.39. The molecular weight excluding hydrogens is 326 g/mol. The summed E-state index contributed by atoms with van der Waals surface area (Å²) in [4.78, 5) is 20.6. The van der Waals surface area contributed by atoms with Gasteiger partial charge in [0.2, 0.25) is 5.91 Å². The molecule has 0 fully saturated rings. The number of nitrogens with zero attached hydrogens (tertiary/aromatic N) is 2. The highest BCUT2D eigenvalue weighted by Crippen LogP contribution is 2.40. The molecule has 0 radical (unpaired) electrons. The second kappa shape index (κ2) is 7.89. The highest BCUT2D eigenvalue weighted by Gasteiger charge is 2.42. The Labute approximate surface area is 152 Å². The number of benzene rings is 1. The molecule has 0 aliphatic carbocycles. The van der Waals surface area contributed by atoms with Crippen molar-refractivity contribution in [2.45, 2.75) is 25.0 Å². The van der Waals surface area contributed by atoms with Crippen LogP contribution in [0.25, 0.3) is 0 Å². The summed E-state index contributed by atoms with van der Waals surface area (Å²) in [6.45, 7) is 1.78. The van der Waals surface area contributed by atoms with E-state index in [0.717, 1.165) is 5.56 Å². The summed E-state index contributed by atoms with van der Waals surface area (Å²) < 4.78 is 0. The summed E-state index contributed by atoms with van der Waals surface area (Å²) >= 11 is 0. The summed E-state index contributed by atoms with van der Waals surface area (Å²) in [6, 6.07) is 15.9. The van der Waals surface area contributed by atoms with Crippen molar-refractivity contribution in [3.8, 4) is 0 Å². The number of hydrogen-bond acceptors (Lipinski definition) is 4. The van der Waals surface area contributed by atoms with E-state index in [4.69, 9.17) is 0 Å². The first-order valence-corrected chi connectivity index (χ1v) is 8.54. The molecule has 1 amide bonds. The fourth-order valence-corrected chi connectivity index (χ4v) is 3.01. The van der Waals surface area contributed by atoms with Crippen LogP contribution in [0.4, 0.5) is 0 Å². The fourth-order valence-electron chi connectivity index (χ4n) is 3.01. The van der Waals surface area contributed by atoms with Gasteiger partial charge in [-0.3, -0.25) is 14.8 Å². The van der Waals surface area contributed by atoms with Crippen molar-refractivity contribution in [2.75, 3.05) is 0 Å². The van der Waals surface area contributed by atoms with E-state index in [1.807, 2.05) is 30.3 Å². The predicted molar refractivity (Wildman–Crippen MR) is 99.1 cm³/mol. The number of aromatic nitrogens is 2. The molecule has 0 spiro atoms. The van der Waals surface area contributed by atoms with Gasteiger partial charge in [0.1, 0.15) is 5.60 Å². The summed E-state index contributed by atoms with van der Waals surface area (Å²) in [6.07, 6.45) is 6.84. The van der Waals surface area contributed by atoms with Crippen molar-refractivity contribution >= 4 is 5.91 Å². The molecule has 0 bridgehead atoms. The summed E-state index contributed by atoms with van der Waals surface area (Å²) in [5.74, 6) is -0.148. The zero-order valence-electron chi connectivity index (χ0n) is 14.5. The Hall–Kier alpha value is -3.05. The standard InChI is InChI=1S/C21H21N3O2/c1-2-19(25)24-20(16-8-4-3-5-9-16)21(26,17-10-6-12-22-14-17)18-11-7-13-23-15-18/h3-15,20,26H,2H2,1H3,(H,24,25). The topological polar surface area (TPSA) is 75.1 Å². The molecule has 0 saturated carbocycles. The van der Waals surface area contributed by atoms with Crippen molar-refractivity contribution in [3.05, 3.63) is 96.1 Å². The molecule has 132 valence electrons. The van der Waals surface area contributed by atoms with Crippen LogP contribution in [0.1, 0.15) is 36.1 Å². The molecule has 1 atom stereocenters. The average Bonchev–Trinajstić information content (AvgIpc) is 2.73.